The van der Waals surface area contributed by atoms with Crippen LogP contribution in [0.3, 0.4) is 0 Å². The molecule has 110 valence electrons. The van der Waals surface area contributed by atoms with Gasteiger partial charge in [0, 0.05) is 17.6 Å². The molecule has 0 unspecified atom stereocenters. The summed E-state index contributed by atoms with van der Waals surface area (Å²) in [6.07, 6.45) is 5.96. The fourth-order valence-corrected chi connectivity index (χ4v) is 3.19. The van der Waals surface area contributed by atoms with Gasteiger partial charge >= 0.3 is 0 Å². The van der Waals surface area contributed by atoms with Crippen molar-refractivity contribution in [2.45, 2.75) is 65.0 Å². The fraction of sp³-hybridized carbons (Fsp3) is 0.611. The molecule has 2 rings (SSSR count). The Morgan fingerprint density at radius 1 is 1.15 bits per heavy atom. The van der Waals surface area contributed by atoms with Crippen LogP contribution >= 0.6 is 0 Å². The Bertz CT molecular complexity index is 427. The molecule has 2 nitrogen and oxygen atoms in total. The third-order valence-corrected chi connectivity index (χ3v) is 4.52. The summed E-state index contributed by atoms with van der Waals surface area (Å²) in [5.41, 5.74) is 2.18. The van der Waals surface area contributed by atoms with Crippen molar-refractivity contribution >= 4 is 5.78 Å². The van der Waals surface area contributed by atoms with E-state index in [2.05, 4.69) is 37.8 Å². The summed E-state index contributed by atoms with van der Waals surface area (Å²) < 4.78 is 0. The number of ketones is 1. The normalized spacial score (nSPS) is 23.8. The van der Waals surface area contributed by atoms with E-state index in [-0.39, 0.29) is 5.78 Å². The second-order valence-electron chi connectivity index (χ2n) is 6.17. The Hall–Kier alpha value is -1.15. The summed E-state index contributed by atoms with van der Waals surface area (Å²) in [7, 11) is 0. The minimum Gasteiger partial charge on any atom is -0.293 e. The number of benzene rings is 1. The van der Waals surface area contributed by atoms with Gasteiger partial charge < -0.3 is 0 Å². The lowest BCUT2D eigenvalue weighted by Gasteiger charge is -2.38. The molecule has 1 aromatic carbocycles. The van der Waals surface area contributed by atoms with Crippen LogP contribution in [0.4, 0.5) is 0 Å². The van der Waals surface area contributed by atoms with Crippen molar-refractivity contribution in [2.24, 2.45) is 0 Å². The average molecular weight is 273 g/mol. The van der Waals surface area contributed by atoms with Crippen LogP contribution < -0.4 is 0 Å². The number of piperidine rings is 1. The number of hydrogen-bond acceptors (Lipinski definition) is 2. The minimum atomic E-state index is 0.258. The van der Waals surface area contributed by atoms with Gasteiger partial charge in [0.05, 0.1) is 6.54 Å². The number of Topliss-reactive ketones (excluding diaryl/α,β-unsaturated/α-hetero) is 1. The number of carbonyl (C=O) groups excluding carboxylic acids is 1. The SMILES string of the molecule is CCCc1ccc(C(=O)CN2[C@H](C)CCC[C@@H]2C)cc1. The molecule has 0 aliphatic carbocycles. The van der Waals surface area contributed by atoms with Crippen LogP contribution in [0.1, 0.15) is 62.4 Å². The van der Waals surface area contributed by atoms with E-state index in [0.717, 1.165) is 18.4 Å². The van der Waals surface area contributed by atoms with Crippen LogP contribution in [0.25, 0.3) is 0 Å². The molecule has 0 spiro atoms. The topological polar surface area (TPSA) is 20.3 Å². The number of likely N-dealkylation sites (tertiary alicyclic amines) is 1. The maximum Gasteiger partial charge on any atom is 0.176 e. The second kappa shape index (κ2) is 7.03. The van der Waals surface area contributed by atoms with Crippen LogP contribution in [0.5, 0.6) is 0 Å². The predicted octanol–water partition coefficient (Wildman–Crippen LogP) is 4.08. The molecule has 2 heteroatoms. The van der Waals surface area contributed by atoms with Crippen LogP contribution in [0, 0.1) is 0 Å². The summed E-state index contributed by atoms with van der Waals surface area (Å²) in [6, 6.07) is 9.24. The van der Waals surface area contributed by atoms with Gasteiger partial charge in [-0.15, -0.1) is 0 Å². The number of aryl methyl sites for hydroxylation is 1. The first-order valence-corrected chi connectivity index (χ1v) is 7.99. The molecule has 0 aromatic heterocycles. The van der Waals surface area contributed by atoms with Gasteiger partial charge in [-0.2, -0.15) is 0 Å². The van der Waals surface area contributed by atoms with Gasteiger partial charge in [0.25, 0.3) is 0 Å². The first kappa shape index (κ1) is 15.2. The van der Waals surface area contributed by atoms with Gasteiger partial charge in [0.15, 0.2) is 5.78 Å². The second-order valence-corrected chi connectivity index (χ2v) is 6.17. The quantitative estimate of drug-likeness (QED) is 0.753. The highest BCUT2D eigenvalue weighted by atomic mass is 16.1. The molecule has 1 fully saturated rings. The van der Waals surface area contributed by atoms with Crippen molar-refractivity contribution < 1.29 is 4.79 Å². The number of rotatable bonds is 5. The Balaban J connectivity index is 2.00. The van der Waals surface area contributed by atoms with E-state index in [1.807, 2.05) is 12.1 Å². The van der Waals surface area contributed by atoms with Crippen LogP contribution in [0.15, 0.2) is 24.3 Å². The molecule has 1 heterocycles. The number of carbonyl (C=O) groups is 1. The van der Waals surface area contributed by atoms with E-state index >= 15 is 0 Å². The smallest absolute Gasteiger partial charge is 0.176 e. The van der Waals surface area contributed by atoms with E-state index in [0.29, 0.717) is 18.6 Å². The van der Waals surface area contributed by atoms with E-state index in [9.17, 15) is 4.79 Å². The maximum absolute atomic E-state index is 12.4. The molecule has 20 heavy (non-hydrogen) atoms. The first-order valence-electron chi connectivity index (χ1n) is 7.99. The van der Waals surface area contributed by atoms with Gasteiger partial charge in [0.2, 0.25) is 0 Å². The monoisotopic (exact) mass is 273 g/mol. The largest absolute Gasteiger partial charge is 0.293 e. The molecule has 1 aromatic rings. The van der Waals surface area contributed by atoms with Crippen LogP contribution in [0.2, 0.25) is 0 Å². The van der Waals surface area contributed by atoms with Gasteiger partial charge in [0.1, 0.15) is 0 Å². The highest BCUT2D eigenvalue weighted by Crippen LogP contribution is 2.22. The van der Waals surface area contributed by atoms with Crippen molar-refractivity contribution in [3.05, 3.63) is 35.4 Å². The van der Waals surface area contributed by atoms with E-state index < -0.39 is 0 Å². The third-order valence-electron chi connectivity index (χ3n) is 4.52. The molecule has 1 aliphatic rings. The Morgan fingerprint density at radius 3 is 2.30 bits per heavy atom. The zero-order valence-electron chi connectivity index (χ0n) is 13.1. The molecule has 0 bridgehead atoms. The zero-order valence-corrected chi connectivity index (χ0v) is 13.1. The molecule has 2 atom stereocenters. The van der Waals surface area contributed by atoms with Crippen molar-refractivity contribution in [3.8, 4) is 0 Å². The molecule has 1 aliphatic heterocycles. The highest BCUT2D eigenvalue weighted by Gasteiger charge is 2.26. The van der Waals surface area contributed by atoms with Crippen molar-refractivity contribution in [3.63, 3.8) is 0 Å². The molecule has 1 saturated heterocycles. The van der Waals surface area contributed by atoms with E-state index in [1.54, 1.807) is 0 Å². The van der Waals surface area contributed by atoms with E-state index in [1.165, 1.54) is 24.8 Å². The molecular weight excluding hydrogens is 246 g/mol. The Labute approximate surface area is 123 Å². The maximum atomic E-state index is 12.4. The fourth-order valence-electron chi connectivity index (χ4n) is 3.19. The summed E-state index contributed by atoms with van der Waals surface area (Å²) >= 11 is 0. The highest BCUT2D eigenvalue weighted by molar-refractivity contribution is 5.97. The average Bonchev–Trinajstić information content (AvgIpc) is 2.44. The Morgan fingerprint density at radius 2 is 1.75 bits per heavy atom. The van der Waals surface area contributed by atoms with Crippen molar-refractivity contribution in [1.82, 2.24) is 4.90 Å². The lowest BCUT2D eigenvalue weighted by atomic mass is 9.96. The van der Waals surface area contributed by atoms with Gasteiger partial charge in [-0.3, -0.25) is 9.69 Å². The Kier molecular flexibility index (Phi) is 5.36. The van der Waals surface area contributed by atoms with Crippen LogP contribution in [-0.2, 0) is 6.42 Å². The molecule has 0 saturated carbocycles. The standard InChI is InChI=1S/C18H27NO/c1-4-6-16-9-11-17(12-10-16)18(20)13-19-14(2)7-5-8-15(19)3/h9-12,14-15H,4-8,13H2,1-3H3/t14-,15+. The van der Waals surface area contributed by atoms with Crippen LogP contribution in [-0.4, -0.2) is 29.3 Å². The molecule has 0 radical (unpaired) electrons. The van der Waals surface area contributed by atoms with Crippen molar-refractivity contribution in [2.75, 3.05) is 6.54 Å². The summed E-state index contributed by atoms with van der Waals surface area (Å²) in [5.74, 6) is 0.258. The number of hydrogen-bond donors (Lipinski definition) is 0. The molecule has 0 amide bonds. The van der Waals surface area contributed by atoms with Gasteiger partial charge in [-0.25, -0.2) is 0 Å². The number of nitrogens with zero attached hydrogens (tertiary/aromatic N) is 1. The van der Waals surface area contributed by atoms with Crippen molar-refractivity contribution in [1.29, 1.82) is 0 Å². The summed E-state index contributed by atoms with van der Waals surface area (Å²) in [4.78, 5) is 14.8. The first-order chi connectivity index (χ1) is 9.61. The molecular formula is C18H27NO. The lowest BCUT2D eigenvalue weighted by molar-refractivity contribution is 0.0734. The lowest BCUT2D eigenvalue weighted by Crippen LogP contribution is -2.46. The summed E-state index contributed by atoms with van der Waals surface area (Å²) in [5, 5.41) is 0. The van der Waals surface area contributed by atoms with Gasteiger partial charge in [-0.1, -0.05) is 44.0 Å². The zero-order chi connectivity index (χ0) is 14.5. The minimum absolute atomic E-state index is 0.258. The van der Waals surface area contributed by atoms with E-state index in [4.69, 9.17) is 0 Å². The van der Waals surface area contributed by atoms with Gasteiger partial charge in [-0.05, 0) is 38.7 Å². The summed E-state index contributed by atoms with van der Waals surface area (Å²) in [6.45, 7) is 7.23. The third kappa shape index (κ3) is 3.69. The predicted molar refractivity (Wildman–Crippen MR) is 84.2 cm³/mol. The molecule has 0 N–H and O–H groups in total.